The van der Waals surface area contributed by atoms with Crippen LogP contribution in [0.3, 0.4) is 0 Å². The van der Waals surface area contributed by atoms with Crippen LogP contribution >= 0.6 is 0 Å². The Morgan fingerprint density at radius 2 is 1.19 bits per heavy atom. The number of rotatable bonds is 19. The molecule has 2 amide bonds. The summed E-state index contributed by atoms with van der Waals surface area (Å²) in [5, 5.41) is 5.11. The van der Waals surface area contributed by atoms with Crippen LogP contribution in [0.2, 0.25) is 0 Å². The molecule has 0 saturated heterocycles. The quantitative estimate of drug-likeness (QED) is 0.156. The van der Waals surface area contributed by atoms with Crippen LogP contribution in [0.1, 0.15) is 27.2 Å². The average molecular weight is 464 g/mol. The van der Waals surface area contributed by atoms with Crippen molar-refractivity contribution >= 4 is 23.9 Å². The van der Waals surface area contributed by atoms with E-state index in [1.54, 1.807) is 4.90 Å². The number of nitrogens with one attached hydrogen (secondary N) is 2. The minimum atomic E-state index is -0.589. The molecule has 0 unspecified atom stereocenters. The van der Waals surface area contributed by atoms with Crippen LogP contribution in [-0.4, -0.2) is 108 Å². The van der Waals surface area contributed by atoms with Crippen LogP contribution < -0.4 is 10.6 Å². The van der Waals surface area contributed by atoms with Gasteiger partial charge in [-0.3, -0.25) is 14.5 Å². The zero-order chi connectivity index (χ0) is 24.0. The third kappa shape index (κ3) is 20.8. The topological polar surface area (TPSA) is 142 Å². The number of ketones is 1. The van der Waals surface area contributed by atoms with E-state index < -0.39 is 18.2 Å². The zero-order valence-electron chi connectivity index (χ0n) is 19.3. The lowest BCUT2D eigenvalue weighted by Gasteiger charge is -2.20. The van der Waals surface area contributed by atoms with Gasteiger partial charge in [0.2, 0.25) is 0 Å². The third-order valence-electron chi connectivity index (χ3n) is 3.64. The smallest absolute Gasteiger partial charge is 0.407 e. The molecule has 12 nitrogen and oxygen atoms in total. The van der Waals surface area contributed by atoms with Crippen LogP contribution in [0.5, 0.6) is 0 Å². The molecule has 0 aliphatic rings. The summed E-state index contributed by atoms with van der Waals surface area (Å²) < 4.78 is 25.4. The largest absolute Gasteiger partial charge is 0.465 e. The van der Waals surface area contributed by atoms with Gasteiger partial charge in [-0.1, -0.05) is 6.92 Å². The standard InChI is InChI=1S/C20H37N3O9/c1-4-9-31-19(26)21-5-10-28-14-15-29-11-6-22-20(27)32-13-8-23(16-17(2)24)7-12-30-18(3)25/h4-16H2,1-3H3,(H,21,26)(H,22,27). The lowest BCUT2D eigenvalue weighted by atomic mass is 10.4. The summed E-state index contributed by atoms with van der Waals surface area (Å²) >= 11 is 0. The molecule has 32 heavy (non-hydrogen) atoms. The molecule has 0 bridgehead atoms. The van der Waals surface area contributed by atoms with E-state index in [9.17, 15) is 19.2 Å². The number of esters is 1. The maximum atomic E-state index is 11.7. The Hall–Kier alpha value is -2.44. The number of hydrogen-bond donors (Lipinski definition) is 2. The molecule has 0 aromatic rings. The number of Topliss-reactive ketones (excluding diaryl/α,β-unsaturated/α-hetero) is 1. The van der Waals surface area contributed by atoms with Crippen LogP contribution in [0.25, 0.3) is 0 Å². The molecule has 12 heteroatoms. The van der Waals surface area contributed by atoms with E-state index in [0.717, 1.165) is 6.42 Å². The highest BCUT2D eigenvalue weighted by atomic mass is 16.6. The van der Waals surface area contributed by atoms with Gasteiger partial charge in [-0.25, -0.2) is 9.59 Å². The third-order valence-corrected chi connectivity index (χ3v) is 3.64. The fourth-order valence-corrected chi connectivity index (χ4v) is 2.24. The van der Waals surface area contributed by atoms with Crippen molar-refractivity contribution in [2.24, 2.45) is 0 Å². The first kappa shape index (κ1) is 29.6. The molecule has 0 aromatic carbocycles. The normalized spacial score (nSPS) is 10.5. The summed E-state index contributed by atoms with van der Waals surface area (Å²) in [7, 11) is 0. The summed E-state index contributed by atoms with van der Waals surface area (Å²) in [4.78, 5) is 46.7. The molecule has 0 fully saturated rings. The van der Waals surface area contributed by atoms with E-state index >= 15 is 0 Å². The first-order chi connectivity index (χ1) is 15.3. The molecule has 0 saturated carbocycles. The summed E-state index contributed by atoms with van der Waals surface area (Å²) in [5.74, 6) is -0.428. The second-order valence-corrected chi connectivity index (χ2v) is 6.67. The van der Waals surface area contributed by atoms with Gasteiger partial charge in [0.25, 0.3) is 0 Å². The van der Waals surface area contributed by atoms with E-state index in [2.05, 4.69) is 10.6 Å². The molecular formula is C20H37N3O9. The summed E-state index contributed by atoms with van der Waals surface area (Å²) in [5.41, 5.74) is 0. The molecule has 0 aromatic heterocycles. The summed E-state index contributed by atoms with van der Waals surface area (Å²) in [6, 6.07) is 0. The first-order valence-electron chi connectivity index (χ1n) is 10.7. The van der Waals surface area contributed by atoms with Gasteiger partial charge in [-0.15, -0.1) is 0 Å². The van der Waals surface area contributed by atoms with Gasteiger partial charge in [-0.05, 0) is 13.3 Å². The summed E-state index contributed by atoms with van der Waals surface area (Å²) in [6.07, 6.45) is -0.279. The average Bonchev–Trinajstić information content (AvgIpc) is 2.72. The number of nitrogens with zero attached hydrogens (tertiary/aromatic N) is 1. The maximum absolute atomic E-state index is 11.7. The van der Waals surface area contributed by atoms with Gasteiger partial charge < -0.3 is 34.3 Å². The number of hydrogen-bond acceptors (Lipinski definition) is 10. The Balaban J connectivity index is 3.62. The van der Waals surface area contributed by atoms with Crippen molar-refractivity contribution in [3.05, 3.63) is 0 Å². The number of alkyl carbamates (subject to hydrolysis) is 2. The fourth-order valence-electron chi connectivity index (χ4n) is 2.24. The van der Waals surface area contributed by atoms with Gasteiger partial charge in [-0.2, -0.15) is 0 Å². The number of carbonyl (C=O) groups excluding carboxylic acids is 4. The van der Waals surface area contributed by atoms with Crippen LogP contribution in [0.4, 0.5) is 9.59 Å². The van der Waals surface area contributed by atoms with Crippen LogP contribution in [0.15, 0.2) is 0 Å². The lowest BCUT2D eigenvalue weighted by Crippen LogP contribution is -2.36. The Morgan fingerprint density at radius 3 is 1.66 bits per heavy atom. The monoisotopic (exact) mass is 463 g/mol. The van der Waals surface area contributed by atoms with Crippen molar-refractivity contribution < 1.29 is 42.9 Å². The Kier molecular flexibility index (Phi) is 18.9. The highest BCUT2D eigenvalue weighted by Crippen LogP contribution is 1.92. The molecule has 186 valence electrons. The number of carbonyl (C=O) groups is 4. The van der Waals surface area contributed by atoms with Crippen molar-refractivity contribution in [1.29, 1.82) is 0 Å². The van der Waals surface area contributed by atoms with Gasteiger partial charge >= 0.3 is 18.2 Å². The predicted octanol–water partition coefficient (Wildman–Crippen LogP) is 0.336. The molecule has 0 aliphatic carbocycles. The molecule has 0 radical (unpaired) electrons. The number of ether oxygens (including phenoxy) is 5. The molecule has 0 heterocycles. The lowest BCUT2D eigenvalue weighted by molar-refractivity contribution is -0.141. The van der Waals surface area contributed by atoms with E-state index in [1.165, 1.54) is 13.8 Å². The Bertz CT molecular complexity index is 546. The highest BCUT2D eigenvalue weighted by Gasteiger charge is 2.10. The highest BCUT2D eigenvalue weighted by molar-refractivity contribution is 5.77. The van der Waals surface area contributed by atoms with Gasteiger partial charge in [0, 0.05) is 33.1 Å². The van der Waals surface area contributed by atoms with E-state index in [4.69, 9.17) is 23.7 Å². The van der Waals surface area contributed by atoms with Crippen LogP contribution in [0, 0.1) is 0 Å². The van der Waals surface area contributed by atoms with Gasteiger partial charge in [0.15, 0.2) is 0 Å². The Labute approximate surface area is 189 Å². The SMILES string of the molecule is CCCOC(=O)NCCOCCOCCNC(=O)OCCN(CCOC(C)=O)CC(C)=O. The predicted molar refractivity (Wildman–Crippen MR) is 114 cm³/mol. The van der Waals surface area contributed by atoms with Crippen molar-refractivity contribution in [2.75, 3.05) is 79.0 Å². The second-order valence-electron chi connectivity index (χ2n) is 6.67. The van der Waals surface area contributed by atoms with E-state index in [1.807, 2.05) is 6.92 Å². The zero-order valence-corrected chi connectivity index (χ0v) is 19.3. The molecule has 0 rings (SSSR count). The molecule has 2 N–H and O–H groups in total. The first-order valence-corrected chi connectivity index (χ1v) is 10.7. The van der Waals surface area contributed by atoms with Crippen molar-refractivity contribution in [2.45, 2.75) is 27.2 Å². The summed E-state index contributed by atoms with van der Waals surface area (Å²) in [6.45, 7) is 8.18. The van der Waals surface area contributed by atoms with Crippen molar-refractivity contribution in [1.82, 2.24) is 15.5 Å². The minimum Gasteiger partial charge on any atom is -0.465 e. The Morgan fingerprint density at radius 1 is 0.688 bits per heavy atom. The fraction of sp³-hybridized carbons (Fsp3) is 0.800. The van der Waals surface area contributed by atoms with Crippen LogP contribution in [-0.2, 0) is 33.3 Å². The molecule has 0 atom stereocenters. The molecule has 0 spiro atoms. The second kappa shape index (κ2) is 20.5. The number of amides is 2. The molecule has 0 aliphatic heterocycles. The van der Waals surface area contributed by atoms with Crippen molar-refractivity contribution in [3.8, 4) is 0 Å². The van der Waals surface area contributed by atoms with E-state index in [0.29, 0.717) is 52.7 Å². The van der Waals surface area contributed by atoms with Crippen molar-refractivity contribution in [3.63, 3.8) is 0 Å². The maximum Gasteiger partial charge on any atom is 0.407 e. The molecular weight excluding hydrogens is 426 g/mol. The van der Waals surface area contributed by atoms with Gasteiger partial charge in [0.1, 0.15) is 19.0 Å². The minimum absolute atomic E-state index is 0.0378. The van der Waals surface area contributed by atoms with Gasteiger partial charge in [0.05, 0.1) is 39.6 Å². The van der Waals surface area contributed by atoms with E-state index in [-0.39, 0.29) is 32.1 Å².